The fourth-order valence-electron chi connectivity index (χ4n) is 4.38. The first-order chi connectivity index (χ1) is 16.1. The van der Waals surface area contributed by atoms with Gasteiger partial charge in [-0.25, -0.2) is 4.98 Å². The van der Waals surface area contributed by atoms with E-state index in [0.717, 1.165) is 46.7 Å². The fraction of sp³-hybridized carbons (Fsp3) is 0.222. The first-order valence-corrected chi connectivity index (χ1v) is 11.2. The van der Waals surface area contributed by atoms with Crippen molar-refractivity contribution in [3.8, 4) is 17.0 Å². The lowest BCUT2D eigenvalue weighted by Gasteiger charge is -2.37. The van der Waals surface area contributed by atoms with Crippen molar-refractivity contribution in [1.82, 2.24) is 14.9 Å². The molecule has 0 radical (unpaired) electrons. The van der Waals surface area contributed by atoms with Crippen LogP contribution in [-0.4, -0.2) is 53.6 Å². The number of ether oxygens (including phenoxy) is 1. The summed E-state index contributed by atoms with van der Waals surface area (Å²) in [5.74, 6) is 0.814. The maximum atomic E-state index is 13.6. The van der Waals surface area contributed by atoms with Crippen LogP contribution in [0.4, 0.5) is 5.69 Å². The summed E-state index contributed by atoms with van der Waals surface area (Å²) in [6.45, 7) is 4.25. The minimum Gasteiger partial charge on any atom is -0.485 e. The van der Waals surface area contributed by atoms with Crippen LogP contribution in [0, 0.1) is 0 Å². The Morgan fingerprint density at radius 2 is 1.94 bits per heavy atom. The SMILES string of the molecule is CCN1CC(CN(C)C(=O)c2cc(-c3cccnc3)nc3ccccc23)Oc2ccccc21. The third-order valence-corrected chi connectivity index (χ3v) is 6.03. The molecule has 1 amide bonds. The number of carbonyl (C=O) groups excluding carboxylic acids is 1. The van der Waals surface area contributed by atoms with E-state index in [0.29, 0.717) is 12.1 Å². The normalized spacial score (nSPS) is 15.1. The molecule has 1 unspecified atom stereocenters. The quantitative estimate of drug-likeness (QED) is 0.454. The summed E-state index contributed by atoms with van der Waals surface area (Å²) in [7, 11) is 1.83. The molecule has 6 heteroatoms. The van der Waals surface area contributed by atoms with Gasteiger partial charge in [0.25, 0.3) is 5.91 Å². The average Bonchev–Trinajstić information content (AvgIpc) is 2.87. The Bertz CT molecular complexity index is 1290. The minimum atomic E-state index is -0.111. The van der Waals surface area contributed by atoms with Gasteiger partial charge in [0.1, 0.15) is 11.9 Å². The molecule has 4 aromatic rings. The van der Waals surface area contributed by atoms with E-state index in [-0.39, 0.29) is 12.0 Å². The summed E-state index contributed by atoms with van der Waals surface area (Å²) in [5.41, 5.74) is 4.14. The number of hydrogen-bond acceptors (Lipinski definition) is 5. The van der Waals surface area contributed by atoms with E-state index in [2.05, 4.69) is 22.9 Å². The van der Waals surface area contributed by atoms with Crippen LogP contribution in [0.1, 0.15) is 17.3 Å². The molecule has 0 bridgehead atoms. The average molecular weight is 439 g/mol. The summed E-state index contributed by atoms with van der Waals surface area (Å²) < 4.78 is 6.25. The van der Waals surface area contributed by atoms with Gasteiger partial charge in [0, 0.05) is 36.9 Å². The fourth-order valence-corrected chi connectivity index (χ4v) is 4.38. The Kier molecular flexibility index (Phi) is 5.65. The molecular weight excluding hydrogens is 412 g/mol. The molecule has 2 aromatic heterocycles. The van der Waals surface area contributed by atoms with Gasteiger partial charge in [-0.15, -0.1) is 0 Å². The number of nitrogens with zero attached hydrogens (tertiary/aromatic N) is 4. The Labute approximate surface area is 193 Å². The van der Waals surface area contributed by atoms with Gasteiger partial charge in [0.2, 0.25) is 0 Å². The molecule has 1 atom stereocenters. The zero-order chi connectivity index (χ0) is 22.8. The van der Waals surface area contributed by atoms with Crippen LogP contribution in [-0.2, 0) is 0 Å². The second kappa shape index (κ2) is 8.90. The van der Waals surface area contributed by atoms with Gasteiger partial charge in [-0.1, -0.05) is 30.3 Å². The third-order valence-electron chi connectivity index (χ3n) is 6.03. The molecule has 0 saturated carbocycles. The van der Waals surface area contributed by atoms with Gasteiger partial charge in [-0.3, -0.25) is 9.78 Å². The lowest BCUT2D eigenvalue weighted by molar-refractivity contribution is 0.0711. The molecule has 0 fully saturated rings. The van der Waals surface area contributed by atoms with Crippen molar-refractivity contribution < 1.29 is 9.53 Å². The number of likely N-dealkylation sites (N-methyl/N-ethyl adjacent to an activating group) is 2. The highest BCUT2D eigenvalue weighted by Crippen LogP contribution is 2.33. The monoisotopic (exact) mass is 438 g/mol. The molecule has 0 saturated heterocycles. The van der Waals surface area contributed by atoms with Crippen molar-refractivity contribution in [2.45, 2.75) is 13.0 Å². The maximum Gasteiger partial charge on any atom is 0.254 e. The molecule has 5 rings (SSSR count). The predicted octanol–water partition coefficient (Wildman–Crippen LogP) is 4.66. The molecule has 0 spiro atoms. The second-order valence-corrected chi connectivity index (χ2v) is 8.25. The predicted molar refractivity (Wildman–Crippen MR) is 131 cm³/mol. The van der Waals surface area contributed by atoms with Crippen molar-refractivity contribution in [3.63, 3.8) is 0 Å². The topological polar surface area (TPSA) is 58.6 Å². The number of aromatic nitrogens is 2. The van der Waals surface area contributed by atoms with Crippen molar-refractivity contribution in [1.29, 1.82) is 0 Å². The number of para-hydroxylation sites is 3. The first-order valence-electron chi connectivity index (χ1n) is 11.2. The van der Waals surface area contributed by atoms with Crippen molar-refractivity contribution >= 4 is 22.5 Å². The van der Waals surface area contributed by atoms with Crippen LogP contribution < -0.4 is 9.64 Å². The molecule has 0 aliphatic carbocycles. The number of rotatable bonds is 5. The Hall–Kier alpha value is -3.93. The second-order valence-electron chi connectivity index (χ2n) is 8.25. The zero-order valence-electron chi connectivity index (χ0n) is 18.8. The number of pyridine rings is 2. The summed E-state index contributed by atoms with van der Waals surface area (Å²) in [4.78, 5) is 26.6. The smallest absolute Gasteiger partial charge is 0.254 e. The summed E-state index contributed by atoms with van der Waals surface area (Å²) >= 11 is 0. The number of benzene rings is 2. The highest BCUT2D eigenvalue weighted by atomic mass is 16.5. The van der Waals surface area contributed by atoms with Gasteiger partial charge in [0.05, 0.1) is 35.6 Å². The number of anilines is 1. The van der Waals surface area contributed by atoms with E-state index in [1.54, 1.807) is 17.3 Å². The molecule has 3 heterocycles. The largest absolute Gasteiger partial charge is 0.485 e. The van der Waals surface area contributed by atoms with Crippen LogP contribution in [0.25, 0.3) is 22.2 Å². The first kappa shape index (κ1) is 20.9. The Balaban J connectivity index is 1.44. The van der Waals surface area contributed by atoms with Gasteiger partial charge < -0.3 is 14.5 Å². The molecule has 0 N–H and O–H groups in total. The van der Waals surface area contributed by atoms with Crippen LogP contribution in [0.5, 0.6) is 5.75 Å². The van der Waals surface area contributed by atoms with Crippen LogP contribution in [0.3, 0.4) is 0 Å². The lowest BCUT2D eigenvalue weighted by atomic mass is 10.0. The highest BCUT2D eigenvalue weighted by Gasteiger charge is 2.27. The van der Waals surface area contributed by atoms with Crippen LogP contribution >= 0.6 is 0 Å². The number of fused-ring (bicyclic) bond motifs is 2. The third kappa shape index (κ3) is 4.12. The van der Waals surface area contributed by atoms with Gasteiger partial charge >= 0.3 is 0 Å². The van der Waals surface area contributed by atoms with Crippen LogP contribution in [0.15, 0.2) is 79.1 Å². The summed E-state index contributed by atoms with van der Waals surface area (Å²) in [6, 6.07) is 21.5. The molecule has 1 aliphatic rings. The highest BCUT2D eigenvalue weighted by molar-refractivity contribution is 6.07. The standard InChI is InChI=1S/C27H26N4O2/c1-3-31-18-20(33-26-13-7-6-12-25(26)31)17-30(2)27(32)22-15-24(19-9-8-14-28-16-19)29-23-11-5-4-10-21(22)23/h4-16,20H,3,17-18H2,1-2H3. The molecule has 2 aromatic carbocycles. The molecule has 1 aliphatic heterocycles. The van der Waals surface area contributed by atoms with Crippen molar-refractivity contribution in [2.75, 3.05) is 31.6 Å². The lowest BCUT2D eigenvalue weighted by Crippen LogP contribution is -2.46. The van der Waals surface area contributed by atoms with Gasteiger partial charge in [-0.2, -0.15) is 0 Å². The summed E-state index contributed by atoms with van der Waals surface area (Å²) in [6.07, 6.45) is 3.38. The van der Waals surface area contributed by atoms with Gasteiger partial charge in [0.15, 0.2) is 0 Å². The van der Waals surface area contributed by atoms with E-state index < -0.39 is 0 Å². The van der Waals surface area contributed by atoms with E-state index in [4.69, 9.17) is 9.72 Å². The Morgan fingerprint density at radius 3 is 2.76 bits per heavy atom. The van der Waals surface area contributed by atoms with E-state index >= 15 is 0 Å². The van der Waals surface area contributed by atoms with E-state index in [9.17, 15) is 4.79 Å². The Morgan fingerprint density at radius 1 is 1.12 bits per heavy atom. The van der Waals surface area contributed by atoms with E-state index in [1.807, 2.05) is 67.7 Å². The molecular formula is C27H26N4O2. The molecule has 166 valence electrons. The number of hydrogen-bond donors (Lipinski definition) is 0. The number of carbonyl (C=O) groups is 1. The summed E-state index contributed by atoms with van der Waals surface area (Å²) in [5, 5.41) is 0.840. The van der Waals surface area contributed by atoms with E-state index in [1.165, 1.54) is 0 Å². The maximum absolute atomic E-state index is 13.6. The minimum absolute atomic E-state index is 0.0516. The zero-order valence-corrected chi connectivity index (χ0v) is 18.8. The molecule has 6 nitrogen and oxygen atoms in total. The number of amides is 1. The van der Waals surface area contributed by atoms with Crippen molar-refractivity contribution in [2.24, 2.45) is 0 Å². The van der Waals surface area contributed by atoms with Crippen LogP contribution in [0.2, 0.25) is 0 Å². The van der Waals surface area contributed by atoms with Gasteiger partial charge in [-0.05, 0) is 43.3 Å². The van der Waals surface area contributed by atoms with Crippen molar-refractivity contribution in [3.05, 3.63) is 84.7 Å². The molecule has 33 heavy (non-hydrogen) atoms.